The van der Waals surface area contributed by atoms with Crippen LogP contribution in [0.4, 0.5) is 0 Å². The number of aromatic nitrogens is 4. The van der Waals surface area contributed by atoms with Crippen molar-refractivity contribution in [2.24, 2.45) is 0 Å². The molecule has 0 N–H and O–H groups in total. The maximum absolute atomic E-state index is 6.62. The zero-order valence-electron chi connectivity index (χ0n) is 31.9. The summed E-state index contributed by atoms with van der Waals surface area (Å²) in [6.45, 7) is 4.69. The summed E-state index contributed by atoms with van der Waals surface area (Å²) in [7, 11) is 0. The van der Waals surface area contributed by atoms with Crippen molar-refractivity contribution in [1.82, 2.24) is 19.1 Å². The Morgan fingerprint density at radius 2 is 1.07 bits per heavy atom. The lowest BCUT2D eigenvalue weighted by atomic mass is 9.82. The number of hydrogen-bond donors (Lipinski definition) is 0. The molecule has 272 valence electrons. The average Bonchev–Trinajstić information content (AvgIpc) is 3.98. The number of rotatable bonds is 3. The van der Waals surface area contributed by atoms with Gasteiger partial charge in [0.2, 0.25) is 5.95 Å². The Morgan fingerprint density at radius 1 is 0.431 bits per heavy atom. The van der Waals surface area contributed by atoms with Gasteiger partial charge in [0.1, 0.15) is 11.2 Å². The highest BCUT2D eigenvalue weighted by molar-refractivity contribution is 6.14. The van der Waals surface area contributed by atoms with Crippen LogP contribution in [-0.4, -0.2) is 19.1 Å². The molecular weight excluding hydrogens is 709 g/mol. The fourth-order valence-corrected chi connectivity index (χ4v) is 10.1. The van der Waals surface area contributed by atoms with Crippen LogP contribution in [-0.2, 0) is 5.41 Å². The van der Waals surface area contributed by atoms with E-state index in [2.05, 4.69) is 181 Å². The van der Waals surface area contributed by atoms with E-state index in [1.54, 1.807) is 0 Å². The molecular formula is C53H34N4O. The standard InChI is InChI=1S/C53H34N4O/c1-53(2)42-21-8-3-14-32(42)40-29-41-35-27-26-31(56-45-23-10-5-15-33(45)34-16-6-11-24-46(34)56)28-47(35)57(48(41)30-43(40)53)52-54-44-22-9-4-18-38(44)50(55-52)39-20-13-19-37-36-17-7-12-25-49(36)58-51(37)39/h3-30H,1-2H3. The lowest BCUT2D eigenvalue weighted by Gasteiger charge is -2.21. The molecule has 58 heavy (non-hydrogen) atoms. The Hall–Kier alpha value is -7.50. The molecule has 0 spiro atoms. The molecule has 0 aliphatic heterocycles. The zero-order valence-corrected chi connectivity index (χ0v) is 31.9. The van der Waals surface area contributed by atoms with Gasteiger partial charge in [0, 0.05) is 54.4 Å². The van der Waals surface area contributed by atoms with Gasteiger partial charge in [-0.3, -0.25) is 4.57 Å². The summed E-state index contributed by atoms with van der Waals surface area (Å²) in [5.41, 5.74) is 15.0. The summed E-state index contributed by atoms with van der Waals surface area (Å²) < 4.78 is 11.3. The smallest absolute Gasteiger partial charge is 0.235 e. The van der Waals surface area contributed by atoms with Crippen LogP contribution in [0.2, 0.25) is 0 Å². The Bertz CT molecular complexity index is 3680. The van der Waals surface area contributed by atoms with Gasteiger partial charge in [0.25, 0.3) is 0 Å². The summed E-state index contributed by atoms with van der Waals surface area (Å²) in [6.07, 6.45) is 0. The molecule has 5 heteroatoms. The predicted octanol–water partition coefficient (Wildman–Crippen LogP) is 13.7. The molecule has 0 saturated heterocycles. The minimum absolute atomic E-state index is 0.179. The number of furan rings is 1. The van der Waals surface area contributed by atoms with E-state index in [4.69, 9.17) is 14.4 Å². The van der Waals surface area contributed by atoms with Crippen LogP contribution >= 0.6 is 0 Å². The number of nitrogens with zero attached hydrogens (tertiary/aromatic N) is 4. The number of hydrogen-bond acceptors (Lipinski definition) is 3. The maximum Gasteiger partial charge on any atom is 0.235 e. The molecule has 0 saturated carbocycles. The fourth-order valence-electron chi connectivity index (χ4n) is 10.1. The van der Waals surface area contributed by atoms with Crippen molar-refractivity contribution in [3.05, 3.63) is 181 Å². The lowest BCUT2D eigenvalue weighted by molar-refractivity contribution is 0.661. The van der Waals surface area contributed by atoms with Gasteiger partial charge in [-0.1, -0.05) is 129 Å². The molecule has 4 aromatic heterocycles. The highest BCUT2D eigenvalue weighted by Crippen LogP contribution is 2.51. The monoisotopic (exact) mass is 742 g/mol. The van der Waals surface area contributed by atoms with Gasteiger partial charge in [-0.2, -0.15) is 0 Å². The molecule has 0 bridgehead atoms. The minimum atomic E-state index is -0.179. The second-order valence-electron chi connectivity index (χ2n) is 16.2. The van der Waals surface area contributed by atoms with Gasteiger partial charge in [-0.15, -0.1) is 0 Å². The Morgan fingerprint density at radius 3 is 1.90 bits per heavy atom. The quantitative estimate of drug-likeness (QED) is 0.181. The maximum atomic E-state index is 6.62. The van der Waals surface area contributed by atoms with Crippen LogP contribution in [0.3, 0.4) is 0 Å². The molecule has 1 aliphatic carbocycles. The topological polar surface area (TPSA) is 48.8 Å². The Balaban J connectivity index is 1.15. The molecule has 0 radical (unpaired) electrons. The Kier molecular flexibility index (Phi) is 6.17. The first-order valence-electron chi connectivity index (χ1n) is 19.9. The van der Waals surface area contributed by atoms with Crippen molar-refractivity contribution in [2.45, 2.75) is 19.3 Å². The van der Waals surface area contributed by atoms with E-state index < -0.39 is 0 Å². The first-order chi connectivity index (χ1) is 28.5. The van der Waals surface area contributed by atoms with Crippen LogP contribution in [0.15, 0.2) is 174 Å². The first kappa shape index (κ1) is 31.7. The van der Waals surface area contributed by atoms with E-state index in [0.29, 0.717) is 5.95 Å². The summed E-state index contributed by atoms with van der Waals surface area (Å²) >= 11 is 0. The molecule has 5 nitrogen and oxygen atoms in total. The van der Waals surface area contributed by atoms with Crippen LogP contribution in [0.5, 0.6) is 0 Å². The number of para-hydroxylation sites is 5. The SMILES string of the molecule is CC1(C)c2ccccc2-c2cc3c4ccc(-n5c6ccccc6c6ccccc65)cc4n(-c4nc(-c5cccc6c5oc5ccccc56)c5ccccc5n4)c3cc21. The van der Waals surface area contributed by atoms with Gasteiger partial charge < -0.3 is 8.98 Å². The third kappa shape index (κ3) is 4.14. The second-order valence-corrected chi connectivity index (χ2v) is 16.2. The van der Waals surface area contributed by atoms with Crippen LogP contribution in [0, 0.1) is 0 Å². The van der Waals surface area contributed by atoms with Gasteiger partial charge >= 0.3 is 0 Å². The van der Waals surface area contributed by atoms with Gasteiger partial charge in [0.05, 0.1) is 33.3 Å². The summed E-state index contributed by atoms with van der Waals surface area (Å²) in [6, 6.07) is 60.9. The molecule has 0 unspecified atom stereocenters. The van der Waals surface area contributed by atoms with Crippen molar-refractivity contribution >= 4 is 76.5 Å². The van der Waals surface area contributed by atoms with Gasteiger partial charge in [0.15, 0.2) is 0 Å². The fraction of sp³-hybridized carbons (Fsp3) is 0.0566. The Labute approximate surface area is 333 Å². The molecule has 8 aromatic carbocycles. The van der Waals surface area contributed by atoms with Crippen molar-refractivity contribution < 1.29 is 4.42 Å². The van der Waals surface area contributed by atoms with E-state index >= 15 is 0 Å². The average molecular weight is 743 g/mol. The molecule has 12 aromatic rings. The molecule has 0 atom stereocenters. The molecule has 0 fully saturated rings. The van der Waals surface area contributed by atoms with Crippen molar-refractivity contribution in [1.29, 1.82) is 0 Å². The highest BCUT2D eigenvalue weighted by Gasteiger charge is 2.36. The summed E-state index contributed by atoms with van der Waals surface area (Å²) in [5, 5.41) is 7.94. The molecule has 4 heterocycles. The molecule has 0 amide bonds. The van der Waals surface area contributed by atoms with E-state index in [9.17, 15) is 0 Å². The van der Waals surface area contributed by atoms with Gasteiger partial charge in [-0.25, -0.2) is 9.97 Å². The number of benzene rings is 8. The van der Waals surface area contributed by atoms with E-state index in [-0.39, 0.29) is 5.41 Å². The van der Waals surface area contributed by atoms with Crippen molar-refractivity contribution in [3.8, 4) is 34.0 Å². The third-order valence-electron chi connectivity index (χ3n) is 12.7. The van der Waals surface area contributed by atoms with E-state index in [0.717, 1.165) is 66.2 Å². The minimum Gasteiger partial charge on any atom is -0.455 e. The lowest BCUT2D eigenvalue weighted by Crippen LogP contribution is -2.15. The van der Waals surface area contributed by atoms with Crippen molar-refractivity contribution in [2.75, 3.05) is 0 Å². The van der Waals surface area contributed by atoms with Gasteiger partial charge in [-0.05, 0) is 76.9 Å². The molecule has 1 aliphatic rings. The van der Waals surface area contributed by atoms with Crippen LogP contribution in [0.1, 0.15) is 25.0 Å². The van der Waals surface area contributed by atoms with E-state index in [1.807, 2.05) is 12.1 Å². The van der Waals surface area contributed by atoms with Crippen LogP contribution < -0.4 is 0 Å². The normalized spacial score (nSPS) is 13.5. The predicted molar refractivity (Wildman–Crippen MR) is 238 cm³/mol. The largest absolute Gasteiger partial charge is 0.455 e. The highest BCUT2D eigenvalue weighted by atomic mass is 16.3. The number of fused-ring (bicyclic) bond motifs is 13. The molecule has 13 rings (SSSR count). The summed E-state index contributed by atoms with van der Waals surface area (Å²) in [4.78, 5) is 11.0. The first-order valence-corrected chi connectivity index (χ1v) is 19.9. The van der Waals surface area contributed by atoms with Crippen LogP contribution in [0.25, 0.3) is 110 Å². The second kappa shape index (κ2) is 11.3. The third-order valence-corrected chi connectivity index (χ3v) is 12.7. The zero-order chi connectivity index (χ0) is 38.3. The van der Waals surface area contributed by atoms with E-state index in [1.165, 1.54) is 49.4 Å². The summed E-state index contributed by atoms with van der Waals surface area (Å²) in [5.74, 6) is 0.620. The van der Waals surface area contributed by atoms with Crippen molar-refractivity contribution in [3.63, 3.8) is 0 Å².